The molecule has 0 N–H and O–H groups in total. The van der Waals surface area contributed by atoms with Gasteiger partial charge >= 0.3 is 0 Å². The smallest absolute Gasteiger partial charge is 0.0513 e. The molecule has 1 aliphatic heterocycles. The summed E-state index contributed by atoms with van der Waals surface area (Å²) in [7, 11) is 2.10. The lowest BCUT2D eigenvalue weighted by atomic mass is 10.5. The first-order valence-corrected chi connectivity index (χ1v) is 3.56. The van der Waals surface area contributed by atoms with E-state index in [1.807, 2.05) is 20.1 Å². The Morgan fingerprint density at radius 1 is 1.44 bits per heavy atom. The molecule has 0 amide bonds. The van der Waals surface area contributed by atoms with Gasteiger partial charge in [-0.3, -0.25) is 9.89 Å². The third-order valence-electron chi connectivity index (χ3n) is 1.13. The molecule has 0 aromatic carbocycles. The molecule has 0 radical (unpaired) electrons. The van der Waals surface area contributed by atoms with Gasteiger partial charge in [0.25, 0.3) is 0 Å². The van der Waals surface area contributed by atoms with Crippen molar-refractivity contribution in [3.63, 3.8) is 0 Å². The Bertz CT molecular complexity index is 79.0. The lowest BCUT2D eigenvalue weighted by Gasteiger charge is -2.15. The van der Waals surface area contributed by atoms with Gasteiger partial charge in [-0.2, -0.15) is 0 Å². The molecule has 1 aliphatic rings. The van der Waals surface area contributed by atoms with Crippen LogP contribution in [0.1, 0.15) is 13.8 Å². The fraction of sp³-hybridized carbons (Fsp3) is 0.857. The van der Waals surface area contributed by atoms with Gasteiger partial charge in [-0.15, -0.1) is 0 Å². The molecule has 0 saturated carbocycles. The van der Waals surface area contributed by atoms with Gasteiger partial charge in [0.2, 0.25) is 0 Å². The highest BCUT2D eigenvalue weighted by molar-refractivity contribution is 5.60. The molecule has 2 heteroatoms. The second kappa shape index (κ2) is 5.76. The highest BCUT2D eigenvalue weighted by Crippen LogP contribution is 1.84. The zero-order valence-corrected chi connectivity index (χ0v) is 6.59. The molecular formula is C7H16N2. The van der Waals surface area contributed by atoms with E-state index in [1.54, 1.807) is 0 Å². The Morgan fingerprint density at radius 2 is 2.11 bits per heavy atom. The zero-order chi connectivity index (χ0) is 7.11. The maximum Gasteiger partial charge on any atom is 0.0513 e. The minimum Gasteiger partial charge on any atom is -0.299 e. The van der Waals surface area contributed by atoms with Crippen LogP contribution in [-0.4, -0.2) is 37.8 Å². The summed E-state index contributed by atoms with van der Waals surface area (Å²) in [5, 5.41) is 0. The van der Waals surface area contributed by atoms with Crippen molar-refractivity contribution in [1.82, 2.24) is 4.90 Å². The van der Waals surface area contributed by atoms with Crippen molar-refractivity contribution in [3.8, 4) is 0 Å². The van der Waals surface area contributed by atoms with Crippen LogP contribution in [0.5, 0.6) is 0 Å². The van der Waals surface area contributed by atoms with Crippen molar-refractivity contribution in [2.75, 3.05) is 26.7 Å². The van der Waals surface area contributed by atoms with Gasteiger partial charge in [0.05, 0.1) is 6.54 Å². The average Bonchev–Trinajstić information content (AvgIpc) is 1.94. The third-order valence-corrected chi connectivity index (χ3v) is 1.13. The predicted octanol–water partition coefficient (Wildman–Crippen LogP) is 1.03. The molecule has 0 fully saturated rings. The Balaban J connectivity index is 0.000000291. The number of hydrogen-bond donors (Lipinski definition) is 0. The number of nitrogens with zero attached hydrogens (tertiary/aromatic N) is 2. The van der Waals surface area contributed by atoms with Gasteiger partial charge in [-0.1, -0.05) is 13.8 Å². The molecule has 0 aromatic heterocycles. The maximum atomic E-state index is 4.06. The fourth-order valence-electron chi connectivity index (χ4n) is 0.608. The van der Waals surface area contributed by atoms with Crippen molar-refractivity contribution >= 4 is 6.21 Å². The first-order valence-electron chi connectivity index (χ1n) is 3.56. The molecule has 0 aromatic rings. The number of hydrogen-bond acceptors (Lipinski definition) is 2. The van der Waals surface area contributed by atoms with Crippen LogP contribution < -0.4 is 0 Å². The van der Waals surface area contributed by atoms with E-state index >= 15 is 0 Å². The van der Waals surface area contributed by atoms with Crippen molar-refractivity contribution in [2.24, 2.45) is 4.99 Å². The highest BCUT2D eigenvalue weighted by atomic mass is 15.1. The second-order valence-electron chi connectivity index (χ2n) is 1.85. The lowest BCUT2D eigenvalue weighted by molar-refractivity contribution is 0.383. The summed E-state index contributed by atoms with van der Waals surface area (Å²) < 4.78 is 0. The summed E-state index contributed by atoms with van der Waals surface area (Å²) in [4.78, 5) is 6.30. The van der Waals surface area contributed by atoms with Crippen LogP contribution >= 0.6 is 0 Å². The minimum absolute atomic E-state index is 0.983. The van der Waals surface area contributed by atoms with Crippen LogP contribution in [0, 0.1) is 0 Å². The summed E-state index contributed by atoms with van der Waals surface area (Å²) in [5.74, 6) is 0. The molecule has 1 rings (SSSR count). The summed E-state index contributed by atoms with van der Waals surface area (Å²) in [6.07, 6.45) is 1.96. The van der Waals surface area contributed by atoms with E-state index in [9.17, 15) is 0 Å². The molecule has 0 spiro atoms. The number of aliphatic imine (C=N–C) groups is 1. The summed E-state index contributed by atoms with van der Waals surface area (Å²) in [6.45, 7) is 7.13. The normalized spacial score (nSPS) is 18.6. The van der Waals surface area contributed by atoms with Gasteiger partial charge in [-0.25, -0.2) is 0 Å². The van der Waals surface area contributed by atoms with E-state index in [2.05, 4.69) is 16.9 Å². The molecule has 9 heavy (non-hydrogen) atoms. The standard InChI is InChI=1S/C5H10N2.C2H6/c1-7-4-2-6-3-5-7;1-2/h2H,3-5H2,1H3;1-2H3. The van der Waals surface area contributed by atoms with Crippen molar-refractivity contribution in [2.45, 2.75) is 13.8 Å². The van der Waals surface area contributed by atoms with Crippen LogP contribution in [-0.2, 0) is 0 Å². The predicted molar refractivity (Wildman–Crippen MR) is 42.2 cm³/mol. The Hall–Kier alpha value is -0.370. The fourth-order valence-corrected chi connectivity index (χ4v) is 0.608. The Morgan fingerprint density at radius 3 is 2.33 bits per heavy atom. The van der Waals surface area contributed by atoms with Crippen LogP contribution in [0.15, 0.2) is 4.99 Å². The molecule has 0 saturated heterocycles. The second-order valence-corrected chi connectivity index (χ2v) is 1.85. The van der Waals surface area contributed by atoms with Crippen LogP contribution in [0.2, 0.25) is 0 Å². The van der Waals surface area contributed by atoms with Gasteiger partial charge in [-0.05, 0) is 7.05 Å². The highest BCUT2D eigenvalue weighted by Gasteiger charge is 1.96. The summed E-state index contributed by atoms with van der Waals surface area (Å²) in [6, 6.07) is 0. The number of likely N-dealkylation sites (N-methyl/N-ethyl adjacent to an activating group) is 1. The van der Waals surface area contributed by atoms with Gasteiger partial charge in [0, 0.05) is 19.3 Å². The first-order chi connectivity index (χ1) is 4.39. The van der Waals surface area contributed by atoms with E-state index in [0.717, 1.165) is 19.6 Å². The van der Waals surface area contributed by atoms with Gasteiger partial charge in [0.15, 0.2) is 0 Å². The number of rotatable bonds is 0. The van der Waals surface area contributed by atoms with E-state index in [4.69, 9.17) is 0 Å². The van der Waals surface area contributed by atoms with Crippen LogP contribution in [0.25, 0.3) is 0 Å². The Kier molecular flexibility index (Phi) is 5.52. The summed E-state index contributed by atoms with van der Waals surface area (Å²) in [5.41, 5.74) is 0. The van der Waals surface area contributed by atoms with Crippen LogP contribution in [0.3, 0.4) is 0 Å². The topological polar surface area (TPSA) is 15.6 Å². The minimum atomic E-state index is 0.983. The maximum absolute atomic E-state index is 4.06. The molecule has 0 atom stereocenters. The molecular weight excluding hydrogens is 112 g/mol. The van der Waals surface area contributed by atoms with Crippen molar-refractivity contribution < 1.29 is 0 Å². The molecule has 0 unspecified atom stereocenters. The quantitative estimate of drug-likeness (QED) is 0.475. The molecule has 0 aliphatic carbocycles. The van der Waals surface area contributed by atoms with E-state index in [0.29, 0.717) is 0 Å². The first kappa shape index (κ1) is 8.63. The van der Waals surface area contributed by atoms with Crippen molar-refractivity contribution in [3.05, 3.63) is 0 Å². The van der Waals surface area contributed by atoms with Gasteiger partial charge < -0.3 is 0 Å². The van der Waals surface area contributed by atoms with Gasteiger partial charge in [0.1, 0.15) is 0 Å². The molecule has 54 valence electrons. The Labute approximate surface area is 57.6 Å². The largest absolute Gasteiger partial charge is 0.299 e. The van der Waals surface area contributed by atoms with E-state index in [-0.39, 0.29) is 0 Å². The monoisotopic (exact) mass is 128 g/mol. The third kappa shape index (κ3) is 4.15. The molecule has 0 bridgehead atoms. The molecule has 2 nitrogen and oxygen atoms in total. The lowest BCUT2D eigenvalue weighted by Crippen LogP contribution is -2.27. The van der Waals surface area contributed by atoms with Crippen molar-refractivity contribution in [1.29, 1.82) is 0 Å². The zero-order valence-electron chi connectivity index (χ0n) is 6.59. The van der Waals surface area contributed by atoms with E-state index in [1.165, 1.54) is 0 Å². The van der Waals surface area contributed by atoms with Crippen LogP contribution in [0.4, 0.5) is 0 Å². The SMILES string of the molecule is CC.CN1CC=NCC1. The summed E-state index contributed by atoms with van der Waals surface area (Å²) >= 11 is 0. The van der Waals surface area contributed by atoms with E-state index < -0.39 is 0 Å². The average molecular weight is 128 g/mol. The molecule has 1 heterocycles.